The van der Waals surface area contributed by atoms with Gasteiger partial charge >= 0.3 is 11.9 Å². The van der Waals surface area contributed by atoms with Gasteiger partial charge in [0.05, 0.1) is 38.7 Å². The highest BCUT2D eigenvalue weighted by atomic mass is 32.1. The summed E-state index contributed by atoms with van der Waals surface area (Å²) in [6.45, 7) is 9.55. The SMILES string of the molecule is CCOC(=O)C1=C(C)N=C(C)C(C(=O)OCC)C1c1cccc(-c2nc(-c3ccc(OC)c(OC)c3)c(C)s2)c1. The number of rotatable bonds is 9. The summed E-state index contributed by atoms with van der Waals surface area (Å²) in [5.74, 6) is -0.990. The van der Waals surface area contributed by atoms with Crippen LogP contribution in [0.4, 0.5) is 0 Å². The van der Waals surface area contributed by atoms with E-state index in [0.717, 1.165) is 32.3 Å². The summed E-state index contributed by atoms with van der Waals surface area (Å²) in [4.78, 5) is 36.9. The van der Waals surface area contributed by atoms with E-state index in [2.05, 4.69) is 4.99 Å². The van der Waals surface area contributed by atoms with Crippen LogP contribution in [0.2, 0.25) is 0 Å². The highest BCUT2D eigenvalue weighted by molar-refractivity contribution is 7.15. The summed E-state index contributed by atoms with van der Waals surface area (Å²) in [5.41, 5.74) is 4.92. The van der Waals surface area contributed by atoms with Crippen LogP contribution < -0.4 is 9.47 Å². The molecule has 4 rings (SSSR count). The van der Waals surface area contributed by atoms with Crippen molar-refractivity contribution in [3.8, 4) is 33.3 Å². The van der Waals surface area contributed by atoms with E-state index >= 15 is 0 Å². The van der Waals surface area contributed by atoms with Gasteiger partial charge in [-0.3, -0.25) is 9.79 Å². The molecule has 2 heterocycles. The van der Waals surface area contributed by atoms with Crippen molar-refractivity contribution in [2.24, 2.45) is 10.9 Å². The van der Waals surface area contributed by atoms with Crippen molar-refractivity contribution in [1.29, 1.82) is 0 Å². The number of carbonyl (C=O) groups is 2. The predicted molar refractivity (Wildman–Crippen MR) is 156 cm³/mol. The molecule has 0 radical (unpaired) electrons. The highest BCUT2D eigenvalue weighted by Crippen LogP contribution is 2.42. The lowest BCUT2D eigenvalue weighted by atomic mass is 9.75. The fourth-order valence-corrected chi connectivity index (χ4v) is 5.98. The Morgan fingerprint density at radius 3 is 2.30 bits per heavy atom. The standard InChI is InChI=1S/C31H34N2O6S/c1-8-38-30(34)25-17(3)32-18(4)26(31(35)39-9-2)27(25)20-11-10-12-22(15-20)29-33-28(19(5)40-29)21-13-14-23(36-6)24(16-21)37-7/h10-16,25,27H,8-9H2,1-7H3. The maximum Gasteiger partial charge on any atom is 0.336 e. The number of aryl methyl sites for hydroxylation is 1. The molecule has 1 aromatic heterocycles. The third kappa shape index (κ3) is 5.65. The Morgan fingerprint density at radius 1 is 0.900 bits per heavy atom. The van der Waals surface area contributed by atoms with Crippen LogP contribution in [0.5, 0.6) is 11.5 Å². The van der Waals surface area contributed by atoms with E-state index < -0.39 is 23.8 Å². The number of benzene rings is 2. The zero-order chi connectivity index (χ0) is 29.0. The lowest BCUT2D eigenvalue weighted by Crippen LogP contribution is -2.36. The number of allylic oxidation sites excluding steroid dienone is 1. The van der Waals surface area contributed by atoms with E-state index in [1.54, 1.807) is 53.3 Å². The molecule has 2 aromatic carbocycles. The second-order valence-corrected chi connectivity index (χ2v) is 10.5. The topological polar surface area (TPSA) is 96.3 Å². The van der Waals surface area contributed by atoms with Crippen LogP contribution in [0.1, 0.15) is 44.1 Å². The average molecular weight is 563 g/mol. The van der Waals surface area contributed by atoms with E-state index in [1.807, 2.05) is 49.4 Å². The molecule has 2 atom stereocenters. The van der Waals surface area contributed by atoms with Gasteiger partial charge < -0.3 is 18.9 Å². The maximum absolute atomic E-state index is 13.2. The van der Waals surface area contributed by atoms with Crippen molar-refractivity contribution in [2.45, 2.75) is 40.5 Å². The number of aliphatic imine (C=N–C) groups is 1. The first-order chi connectivity index (χ1) is 19.2. The number of methoxy groups -OCH3 is 2. The van der Waals surface area contributed by atoms with Gasteiger partial charge in [-0.1, -0.05) is 18.2 Å². The zero-order valence-electron chi connectivity index (χ0n) is 23.9. The third-order valence-electron chi connectivity index (χ3n) is 6.81. The molecule has 40 heavy (non-hydrogen) atoms. The smallest absolute Gasteiger partial charge is 0.336 e. The van der Waals surface area contributed by atoms with Gasteiger partial charge in [-0.25, -0.2) is 9.78 Å². The molecule has 0 saturated carbocycles. The van der Waals surface area contributed by atoms with Gasteiger partial charge in [0.25, 0.3) is 0 Å². The Morgan fingerprint density at radius 2 is 1.62 bits per heavy atom. The number of esters is 2. The van der Waals surface area contributed by atoms with Crippen LogP contribution in [-0.2, 0) is 19.1 Å². The van der Waals surface area contributed by atoms with Gasteiger partial charge in [0, 0.05) is 33.3 Å². The van der Waals surface area contributed by atoms with E-state index in [4.69, 9.17) is 23.9 Å². The van der Waals surface area contributed by atoms with E-state index in [9.17, 15) is 9.59 Å². The van der Waals surface area contributed by atoms with Crippen LogP contribution in [0.15, 0.2) is 58.7 Å². The molecule has 9 heteroatoms. The molecule has 0 amide bonds. The quantitative estimate of drug-likeness (QED) is 0.279. The minimum absolute atomic E-state index is 0.215. The van der Waals surface area contributed by atoms with Crippen LogP contribution in [0, 0.1) is 12.8 Å². The molecule has 2 unspecified atom stereocenters. The number of ether oxygens (including phenoxy) is 4. The molecule has 1 aliphatic heterocycles. The Balaban J connectivity index is 1.80. The summed E-state index contributed by atoms with van der Waals surface area (Å²) < 4.78 is 21.7. The number of hydrogen-bond donors (Lipinski definition) is 0. The molecule has 0 bridgehead atoms. The first kappa shape index (κ1) is 29.0. The lowest BCUT2D eigenvalue weighted by Gasteiger charge is -2.31. The van der Waals surface area contributed by atoms with Crippen molar-refractivity contribution in [1.82, 2.24) is 4.98 Å². The van der Waals surface area contributed by atoms with Crippen molar-refractivity contribution < 1.29 is 28.5 Å². The number of carbonyl (C=O) groups excluding carboxylic acids is 2. The molecular weight excluding hydrogens is 528 g/mol. The maximum atomic E-state index is 13.2. The second kappa shape index (κ2) is 12.5. The highest BCUT2D eigenvalue weighted by Gasteiger charge is 2.42. The zero-order valence-corrected chi connectivity index (χ0v) is 24.7. The number of nitrogens with zero attached hydrogens (tertiary/aromatic N) is 2. The number of aromatic nitrogens is 1. The van der Waals surface area contributed by atoms with Crippen molar-refractivity contribution in [2.75, 3.05) is 27.4 Å². The summed E-state index contributed by atoms with van der Waals surface area (Å²) in [6, 6.07) is 13.5. The molecule has 0 spiro atoms. The summed E-state index contributed by atoms with van der Waals surface area (Å²) >= 11 is 1.57. The Labute approximate surface area is 238 Å². The minimum atomic E-state index is -0.751. The normalized spacial score (nSPS) is 16.8. The van der Waals surface area contributed by atoms with Gasteiger partial charge in [0.2, 0.25) is 0 Å². The Kier molecular flexibility index (Phi) is 9.04. The third-order valence-corrected chi connectivity index (χ3v) is 7.83. The fraction of sp³-hybridized carbons (Fsp3) is 0.355. The van der Waals surface area contributed by atoms with Crippen molar-refractivity contribution >= 4 is 29.0 Å². The summed E-state index contributed by atoms with van der Waals surface area (Å²) in [6.07, 6.45) is 0. The molecule has 1 aliphatic rings. The van der Waals surface area contributed by atoms with Crippen LogP contribution in [0.3, 0.4) is 0 Å². The van der Waals surface area contributed by atoms with E-state index in [1.165, 1.54) is 0 Å². The van der Waals surface area contributed by atoms with Gasteiger partial charge in [0.15, 0.2) is 11.5 Å². The molecule has 3 aromatic rings. The molecule has 0 fully saturated rings. The Bertz CT molecular complexity index is 1490. The first-order valence-electron chi connectivity index (χ1n) is 13.1. The van der Waals surface area contributed by atoms with E-state index in [-0.39, 0.29) is 13.2 Å². The largest absolute Gasteiger partial charge is 0.493 e. The van der Waals surface area contributed by atoms with Crippen LogP contribution in [0.25, 0.3) is 21.8 Å². The Hall–Kier alpha value is -3.98. The predicted octanol–water partition coefficient (Wildman–Crippen LogP) is 6.38. The number of thiazole rings is 1. The molecule has 8 nitrogen and oxygen atoms in total. The van der Waals surface area contributed by atoms with Gasteiger partial charge in [-0.05, 0) is 64.4 Å². The van der Waals surface area contributed by atoms with Gasteiger partial charge in [0.1, 0.15) is 10.9 Å². The van der Waals surface area contributed by atoms with Gasteiger partial charge in [-0.15, -0.1) is 11.3 Å². The first-order valence-corrected chi connectivity index (χ1v) is 13.9. The lowest BCUT2D eigenvalue weighted by molar-refractivity contribution is -0.146. The van der Waals surface area contributed by atoms with Crippen LogP contribution >= 0.6 is 11.3 Å². The fourth-order valence-electron chi connectivity index (χ4n) is 5.04. The van der Waals surface area contributed by atoms with E-state index in [0.29, 0.717) is 28.5 Å². The number of hydrogen-bond acceptors (Lipinski definition) is 9. The monoisotopic (exact) mass is 562 g/mol. The molecule has 0 aliphatic carbocycles. The van der Waals surface area contributed by atoms with Crippen molar-refractivity contribution in [3.05, 3.63) is 64.2 Å². The summed E-state index contributed by atoms with van der Waals surface area (Å²) in [7, 11) is 3.21. The van der Waals surface area contributed by atoms with Crippen LogP contribution in [-0.4, -0.2) is 50.1 Å². The van der Waals surface area contributed by atoms with Crippen molar-refractivity contribution in [3.63, 3.8) is 0 Å². The minimum Gasteiger partial charge on any atom is -0.493 e. The molecular formula is C31H34N2O6S. The average Bonchev–Trinajstić information content (AvgIpc) is 3.33. The molecule has 210 valence electrons. The molecule has 0 N–H and O–H groups in total. The summed E-state index contributed by atoms with van der Waals surface area (Å²) in [5, 5.41) is 0.816. The van der Waals surface area contributed by atoms with Gasteiger partial charge in [-0.2, -0.15) is 0 Å². The second-order valence-electron chi connectivity index (χ2n) is 9.30. The molecule has 0 saturated heterocycles.